The Morgan fingerprint density at radius 3 is 1.23 bits per heavy atom. The first-order valence-corrected chi connectivity index (χ1v) is 32.3. The van der Waals surface area contributed by atoms with Gasteiger partial charge >= 0.3 is 0 Å². The van der Waals surface area contributed by atoms with E-state index in [9.17, 15) is 19.2 Å². The molecule has 0 unspecified atom stereocenters. The van der Waals surface area contributed by atoms with Crippen LogP contribution >= 0.6 is 0 Å². The van der Waals surface area contributed by atoms with Crippen molar-refractivity contribution < 1.29 is 156 Å². The molecular formula is C86H84Ir3N5O11Pt2-5. The third-order valence-electron chi connectivity index (χ3n) is 12.4. The molecule has 5 aromatic heterocycles. The van der Waals surface area contributed by atoms with E-state index >= 15 is 0 Å². The standard InChI is InChI=1S/C15H10NO.C15H16NO.C13H8NO.C12H10N.C11H8N.4C5H8O2.3Ir.2Pt/c1-3-7-12(8-4-1)14-11-16-15(17-14)13-9-5-2-6-10-13;1-2-3-11-17-14-8-6-7-13(12-14)15-9-4-5-10-16-15;1-2-6-10(7-3-1)13-14-11-8-4-5-9-12(11)15-13;1-10-5-7-11(8-6-10)12-4-2-3-9-13-12;1-2-6-10(7-3-1)11-8-4-5-9-12-11;4*1-4(6)3-5(2)7;;;;;/h1-9,11H;4-6,8-10,12H,2-3,11H2,1H3;1-6,8-9H;2-7,9H,1H3;1-6,8-9H;4*3,6H,1-2H3;;;;;/q5*-1;;;;;;;;;. The minimum Gasteiger partial charge on any atom is -0.513 e. The summed E-state index contributed by atoms with van der Waals surface area (Å²) in [5, 5.41) is 33.5. The number of ether oxygens (including phenoxy) is 1. The van der Waals surface area contributed by atoms with Crippen molar-refractivity contribution in [3.8, 4) is 73.8 Å². The average Bonchev–Trinajstić information content (AvgIpc) is 1.74. The van der Waals surface area contributed by atoms with Crippen LogP contribution < -0.4 is 4.74 Å². The number of aromatic nitrogens is 5. The monoisotopic (exact) mass is 2330 g/mol. The van der Waals surface area contributed by atoms with Crippen LogP contribution in [0.1, 0.15) is 80.7 Å². The SMILES string of the molecule is CC(=O)C=C(C)O.CC(=O)C=C(C)O.CC(=O)C=C(C)O.CC(=O)C=C(C)O.CCCCOc1cc[c-]c(-c2ccccn2)c1.Cc1c[c-]c(-c2ccccn2)cc1.[Ir].[Ir].[Ir].[Pt].[Pt].[c-]1ccccc1-c1ccccn1.[c-]1ccccc1-c1nc2ccccc2o1.[c-]1ccccc1-c1ncc(-c2ccccc2)o1. The molecule has 3 radical (unpaired) electrons. The molecule has 107 heavy (non-hydrogen) atoms. The molecule has 4 N–H and O–H groups in total. The molecule has 5 heterocycles. The number of para-hydroxylation sites is 2. The van der Waals surface area contributed by atoms with Gasteiger partial charge in [-0.2, -0.15) is 0 Å². The Kier molecular flexibility index (Phi) is 54.8. The first kappa shape index (κ1) is 99.7. The van der Waals surface area contributed by atoms with Crippen LogP contribution in [0.5, 0.6) is 5.75 Å². The summed E-state index contributed by atoms with van der Waals surface area (Å²) in [5.74, 6) is 2.64. The van der Waals surface area contributed by atoms with Gasteiger partial charge in [0.05, 0.1) is 41.4 Å². The number of hydrogen-bond acceptors (Lipinski definition) is 16. The fourth-order valence-electron chi connectivity index (χ4n) is 8.15. The Bertz CT molecular complexity index is 4270. The summed E-state index contributed by atoms with van der Waals surface area (Å²) in [4.78, 5) is 61.5. The maximum atomic E-state index is 10.0. The van der Waals surface area contributed by atoms with Crippen molar-refractivity contribution >= 4 is 34.2 Å². The summed E-state index contributed by atoms with van der Waals surface area (Å²) in [6.45, 7) is 16.4. The van der Waals surface area contributed by atoms with Crippen LogP contribution in [0.3, 0.4) is 0 Å². The van der Waals surface area contributed by atoms with Crippen LogP contribution in [0.25, 0.3) is 79.1 Å². The normalized spacial score (nSPS) is 10.0. The summed E-state index contributed by atoms with van der Waals surface area (Å²) in [6, 6.07) is 85.9. The fraction of sp³-hybridized carbons (Fsp3) is 0.151. The summed E-state index contributed by atoms with van der Waals surface area (Å²) in [5.41, 5.74) is 11.6. The number of aliphatic hydroxyl groups is 4. The molecule has 12 aromatic rings. The number of fused-ring (bicyclic) bond motifs is 1. The first-order chi connectivity index (χ1) is 49.1. The topological polar surface area (TPSA) is 249 Å². The maximum Gasteiger partial charge on any atom is 0.155 e. The summed E-state index contributed by atoms with van der Waals surface area (Å²) < 4.78 is 17.0. The Morgan fingerprint density at radius 2 is 0.841 bits per heavy atom. The van der Waals surface area contributed by atoms with Crippen molar-refractivity contribution in [3.63, 3.8) is 0 Å². The van der Waals surface area contributed by atoms with Gasteiger partial charge in [0, 0.05) is 157 Å². The number of rotatable bonds is 14. The average molecular weight is 2330 g/mol. The van der Waals surface area contributed by atoms with Crippen LogP contribution in [-0.2, 0) is 122 Å². The molecule has 7 aromatic carbocycles. The molecule has 0 saturated carbocycles. The largest absolute Gasteiger partial charge is 0.513 e. The van der Waals surface area contributed by atoms with Gasteiger partial charge < -0.3 is 48.9 Å². The van der Waals surface area contributed by atoms with Crippen molar-refractivity contribution in [1.29, 1.82) is 0 Å². The van der Waals surface area contributed by atoms with Gasteiger partial charge in [-0.25, -0.2) is 0 Å². The molecule has 16 nitrogen and oxygen atoms in total. The number of ketones is 4. The molecule has 0 spiro atoms. The van der Waals surface area contributed by atoms with Crippen LogP contribution in [0.2, 0.25) is 0 Å². The van der Waals surface area contributed by atoms with E-state index in [0.717, 1.165) is 92.5 Å². The van der Waals surface area contributed by atoms with Gasteiger partial charge in [-0.15, -0.1) is 162 Å². The van der Waals surface area contributed by atoms with Crippen LogP contribution in [0.15, 0.2) is 299 Å². The van der Waals surface area contributed by atoms with E-state index in [0.29, 0.717) is 11.8 Å². The zero-order valence-corrected chi connectivity index (χ0v) is 72.3. The van der Waals surface area contributed by atoms with Crippen LogP contribution in [0.4, 0.5) is 0 Å². The maximum absolute atomic E-state index is 10.0. The summed E-state index contributed by atoms with van der Waals surface area (Å²) >= 11 is 0. The molecule has 0 aliphatic carbocycles. The molecule has 0 aliphatic rings. The van der Waals surface area contributed by atoms with E-state index in [1.807, 2.05) is 212 Å². The van der Waals surface area contributed by atoms with E-state index in [-0.39, 0.29) is 149 Å². The molecule has 0 atom stereocenters. The van der Waals surface area contributed by atoms with Crippen molar-refractivity contribution in [2.24, 2.45) is 0 Å². The predicted molar refractivity (Wildman–Crippen MR) is 403 cm³/mol. The number of oxazole rings is 2. The third-order valence-corrected chi connectivity index (χ3v) is 12.4. The minimum atomic E-state index is -0.125. The quantitative estimate of drug-likeness (QED) is 0.0342. The van der Waals surface area contributed by atoms with Crippen molar-refractivity contribution in [1.82, 2.24) is 24.9 Å². The molecular weight excluding hydrogens is 2250 g/mol. The number of aryl methyl sites for hydroxylation is 1. The van der Waals surface area contributed by atoms with Gasteiger partial charge in [0.15, 0.2) is 23.1 Å². The van der Waals surface area contributed by atoms with Gasteiger partial charge in [-0.05, 0) is 109 Å². The van der Waals surface area contributed by atoms with E-state index in [1.165, 1.54) is 85.3 Å². The van der Waals surface area contributed by atoms with E-state index in [2.05, 4.69) is 75.2 Å². The molecule has 571 valence electrons. The van der Waals surface area contributed by atoms with Crippen LogP contribution in [0, 0.1) is 37.3 Å². The molecule has 0 saturated heterocycles. The Morgan fingerprint density at radius 1 is 0.430 bits per heavy atom. The number of benzene rings is 7. The number of hydrogen-bond donors (Lipinski definition) is 4. The third kappa shape index (κ3) is 44.4. The van der Waals surface area contributed by atoms with Gasteiger partial charge in [-0.3, -0.25) is 29.1 Å². The van der Waals surface area contributed by atoms with E-state index in [4.69, 9.17) is 34.0 Å². The molecule has 0 aliphatic heterocycles. The molecule has 0 fully saturated rings. The second-order valence-corrected chi connectivity index (χ2v) is 21.9. The van der Waals surface area contributed by atoms with Crippen molar-refractivity contribution in [3.05, 3.63) is 326 Å². The van der Waals surface area contributed by atoms with E-state index < -0.39 is 0 Å². The minimum absolute atomic E-state index is 0. The van der Waals surface area contributed by atoms with Crippen molar-refractivity contribution in [2.75, 3.05) is 6.61 Å². The smallest absolute Gasteiger partial charge is 0.155 e. The summed E-state index contributed by atoms with van der Waals surface area (Å²) in [6.07, 6.45) is 14.0. The number of nitrogens with zero attached hydrogens (tertiary/aromatic N) is 5. The molecule has 21 heteroatoms. The number of pyridine rings is 3. The van der Waals surface area contributed by atoms with E-state index in [1.54, 1.807) is 24.8 Å². The molecule has 0 bridgehead atoms. The predicted octanol–water partition coefficient (Wildman–Crippen LogP) is 20.4. The number of aliphatic hydroxyl groups excluding tert-OH is 4. The number of allylic oxidation sites excluding steroid dienone is 8. The zero-order valence-electron chi connectivity index (χ0n) is 60.5. The Balaban J connectivity index is 0. The molecule has 0 amide bonds. The van der Waals surface area contributed by atoms with Gasteiger partial charge in [0.2, 0.25) is 0 Å². The number of carbonyl (C=O) groups excluding carboxylic acids is 4. The van der Waals surface area contributed by atoms with Crippen molar-refractivity contribution in [2.45, 2.75) is 82.1 Å². The second kappa shape index (κ2) is 58.8. The van der Waals surface area contributed by atoms with Gasteiger partial charge in [0.25, 0.3) is 0 Å². The molecule has 12 rings (SSSR count). The second-order valence-electron chi connectivity index (χ2n) is 21.9. The Hall–Kier alpha value is -9.37. The van der Waals surface area contributed by atoms with Gasteiger partial charge in [0.1, 0.15) is 23.1 Å². The summed E-state index contributed by atoms with van der Waals surface area (Å²) in [7, 11) is 0. The van der Waals surface area contributed by atoms with Gasteiger partial charge in [-0.1, -0.05) is 110 Å². The van der Waals surface area contributed by atoms with Crippen LogP contribution in [-0.4, -0.2) is 75.1 Å². The first-order valence-electron chi connectivity index (χ1n) is 32.3. The fourth-order valence-corrected chi connectivity index (χ4v) is 8.15. The number of unbranched alkanes of at least 4 members (excludes halogenated alkanes) is 1. The number of carbonyl (C=O) groups is 4. The zero-order chi connectivity index (χ0) is 74.3. The Labute approximate surface area is 697 Å².